The SMILES string of the molecule is CC(C)(C)NC(=O)[C@@H]1CCCC[C@H]1CC(O)C(Cc1ccccc1)NC(=O)[C@H](CC(N)=O)NC(=O)OCc1ccccc1. The number of carbonyl (C=O) groups is 4. The number of alkyl carbamates (subject to hydrolysis) is 1. The van der Waals surface area contributed by atoms with Crippen LogP contribution in [-0.2, 0) is 32.1 Å². The normalized spacial score (nSPS) is 18.9. The summed E-state index contributed by atoms with van der Waals surface area (Å²) in [5, 5.41) is 19.9. The Kier molecular flexibility index (Phi) is 12.5. The van der Waals surface area contributed by atoms with E-state index < -0.39 is 42.5 Å². The van der Waals surface area contributed by atoms with Gasteiger partial charge in [0.1, 0.15) is 12.6 Å². The van der Waals surface area contributed by atoms with Gasteiger partial charge in [-0.3, -0.25) is 14.4 Å². The molecule has 1 fully saturated rings. The van der Waals surface area contributed by atoms with Crippen molar-refractivity contribution in [1.29, 1.82) is 0 Å². The Morgan fingerprint density at radius 3 is 2.14 bits per heavy atom. The molecule has 6 N–H and O–H groups in total. The summed E-state index contributed by atoms with van der Waals surface area (Å²) in [6, 6.07) is 16.4. The number of nitrogens with two attached hydrogens (primary N) is 1. The van der Waals surface area contributed by atoms with Crippen molar-refractivity contribution in [3.05, 3.63) is 71.8 Å². The van der Waals surface area contributed by atoms with E-state index in [2.05, 4.69) is 16.0 Å². The lowest BCUT2D eigenvalue weighted by Crippen LogP contribution is -2.54. The van der Waals surface area contributed by atoms with Gasteiger partial charge in [0.15, 0.2) is 0 Å². The highest BCUT2D eigenvalue weighted by molar-refractivity contribution is 5.90. The second-order valence-corrected chi connectivity index (χ2v) is 12.4. The summed E-state index contributed by atoms with van der Waals surface area (Å²) < 4.78 is 5.24. The standard InChI is InChI=1S/C33H46N4O6/c1-33(2,3)37-30(40)25-17-11-10-16-24(25)19-28(38)26(18-22-12-6-4-7-13-22)35-31(41)27(20-29(34)39)36-32(42)43-21-23-14-8-5-9-15-23/h4-9,12-15,24-28,38H,10-11,16-21H2,1-3H3,(H2,34,39)(H,35,41)(H,36,42)(H,37,40)/t24-,25+,26?,27-,28?/m0/s1. The van der Waals surface area contributed by atoms with Gasteiger partial charge in [-0.1, -0.05) is 73.5 Å². The van der Waals surface area contributed by atoms with Gasteiger partial charge in [0.25, 0.3) is 0 Å². The predicted molar refractivity (Wildman–Crippen MR) is 163 cm³/mol. The third-order valence-electron chi connectivity index (χ3n) is 7.61. The molecule has 1 aliphatic rings. The number of benzene rings is 2. The zero-order valence-electron chi connectivity index (χ0n) is 25.4. The van der Waals surface area contributed by atoms with Gasteiger partial charge >= 0.3 is 6.09 Å². The Morgan fingerprint density at radius 1 is 0.930 bits per heavy atom. The number of ether oxygens (including phenoxy) is 1. The van der Waals surface area contributed by atoms with E-state index in [0.717, 1.165) is 36.8 Å². The van der Waals surface area contributed by atoms with Crippen LogP contribution in [0.2, 0.25) is 0 Å². The summed E-state index contributed by atoms with van der Waals surface area (Å²) in [5.41, 5.74) is 6.68. The quantitative estimate of drug-likeness (QED) is 0.239. The molecule has 234 valence electrons. The Hall–Kier alpha value is -3.92. The molecule has 0 saturated heterocycles. The minimum Gasteiger partial charge on any atom is -0.445 e. The van der Waals surface area contributed by atoms with Crippen LogP contribution in [0.4, 0.5) is 4.79 Å². The largest absolute Gasteiger partial charge is 0.445 e. The van der Waals surface area contributed by atoms with Gasteiger partial charge in [-0.05, 0) is 63.5 Å². The summed E-state index contributed by atoms with van der Waals surface area (Å²) in [6.07, 6.45) is 1.75. The van der Waals surface area contributed by atoms with E-state index in [9.17, 15) is 24.3 Å². The van der Waals surface area contributed by atoms with Crippen LogP contribution in [0.5, 0.6) is 0 Å². The predicted octanol–water partition coefficient (Wildman–Crippen LogP) is 3.36. The van der Waals surface area contributed by atoms with Crippen LogP contribution in [0.1, 0.15) is 70.4 Å². The number of hydrogen-bond acceptors (Lipinski definition) is 6. The number of aliphatic hydroxyl groups is 1. The second kappa shape index (κ2) is 16.1. The van der Waals surface area contributed by atoms with Crippen LogP contribution < -0.4 is 21.7 Å². The molecule has 2 aromatic carbocycles. The molecule has 10 nitrogen and oxygen atoms in total. The van der Waals surface area contributed by atoms with Gasteiger partial charge in [-0.15, -0.1) is 0 Å². The molecule has 4 amide bonds. The monoisotopic (exact) mass is 594 g/mol. The average Bonchev–Trinajstić information content (AvgIpc) is 2.95. The van der Waals surface area contributed by atoms with Gasteiger partial charge in [0.05, 0.1) is 18.6 Å². The minimum absolute atomic E-state index is 0.0156. The van der Waals surface area contributed by atoms with E-state index in [4.69, 9.17) is 10.5 Å². The fourth-order valence-electron chi connectivity index (χ4n) is 5.52. The molecule has 2 unspecified atom stereocenters. The smallest absolute Gasteiger partial charge is 0.408 e. The highest BCUT2D eigenvalue weighted by atomic mass is 16.5. The van der Waals surface area contributed by atoms with Crippen LogP contribution >= 0.6 is 0 Å². The van der Waals surface area contributed by atoms with Crippen molar-refractivity contribution in [1.82, 2.24) is 16.0 Å². The molecule has 0 radical (unpaired) electrons. The van der Waals surface area contributed by atoms with Crippen LogP contribution in [0.25, 0.3) is 0 Å². The Bertz CT molecular complexity index is 1200. The molecule has 5 atom stereocenters. The van der Waals surface area contributed by atoms with Crippen LogP contribution in [0, 0.1) is 11.8 Å². The third kappa shape index (κ3) is 11.7. The van der Waals surface area contributed by atoms with Gasteiger partial charge in [-0.2, -0.15) is 0 Å². The summed E-state index contributed by atoms with van der Waals surface area (Å²) in [5.74, 6) is -1.76. The van der Waals surface area contributed by atoms with Gasteiger partial charge in [-0.25, -0.2) is 4.79 Å². The van der Waals surface area contributed by atoms with Crippen LogP contribution in [0.3, 0.4) is 0 Å². The van der Waals surface area contributed by atoms with Crippen molar-refractivity contribution in [3.8, 4) is 0 Å². The van der Waals surface area contributed by atoms with Crippen LogP contribution in [-0.4, -0.2) is 52.6 Å². The fourth-order valence-corrected chi connectivity index (χ4v) is 5.52. The molecular weight excluding hydrogens is 548 g/mol. The lowest BCUT2D eigenvalue weighted by Gasteiger charge is -2.36. The molecule has 2 aromatic rings. The summed E-state index contributed by atoms with van der Waals surface area (Å²) in [6.45, 7) is 5.81. The molecule has 0 bridgehead atoms. The molecular formula is C33H46N4O6. The number of rotatable bonds is 13. The number of aliphatic hydroxyl groups excluding tert-OH is 1. The van der Waals surface area contributed by atoms with E-state index in [0.29, 0.717) is 12.8 Å². The highest BCUT2D eigenvalue weighted by Gasteiger charge is 2.36. The first kappa shape index (κ1) is 33.6. The Labute approximate surface area is 254 Å². The van der Waals surface area contributed by atoms with Gasteiger partial charge in [0, 0.05) is 11.5 Å². The first-order valence-corrected chi connectivity index (χ1v) is 15.0. The maximum Gasteiger partial charge on any atom is 0.408 e. The fraction of sp³-hybridized carbons (Fsp3) is 0.515. The van der Waals surface area contributed by atoms with E-state index in [-0.39, 0.29) is 29.9 Å². The number of nitrogens with one attached hydrogen (secondary N) is 3. The van der Waals surface area contributed by atoms with Crippen molar-refractivity contribution in [2.45, 2.75) is 96.1 Å². The number of amides is 4. The number of hydrogen-bond donors (Lipinski definition) is 5. The molecule has 3 rings (SSSR count). The Balaban J connectivity index is 1.73. The van der Waals surface area contributed by atoms with Crippen molar-refractivity contribution in [2.75, 3.05) is 0 Å². The zero-order chi connectivity index (χ0) is 31.4. The topological polar surface area (TPSA) is 160 Å². The maximum atomic E-state index is 13.5. The Morgan fingerprint density at radius 2 is 1.53 bits per heavy atom. The molecule has 0 aromatic heterocycles. The minimum atomic E-state index is -1.30. The van der Waals surface area contributed by atoms with Crippen LogP contribution in [0.15, 0.2) is 60.7 Å². The van der Waals surface area contributed by atoms with Crippen molar-refractivity contribution >= 4 is 23.8 Å². The second-order valence-electron chi connectivity index (χ2n) is 12.4. The molecule has 1 aliphatic carbocycles. The number of carbonyl (C=O) groups excluding carboxylic acids is 4. The van der Waals surface area contributed by atoms with E-state index in [1.165, 1.54) is 0 Å². The van der Waals surface area contributed by atoms with Crippen molar-refractivity contribution < 1.29 is 29.0 Å². The average molecular weight is 595 g/mol. The van der Waals surface area contributed by atoms with E-state index >= 15 is 0 Å². The van der Waals surface area contributed by atoms with Crippen molar-refractivity contribution in [3.63, 3.8) is 0 Å². The zero-order valence-corrected chi connectivity index (χ0v) is 25.4. The highest BCUT2D eigenvalue weighted by Crippen LogP contribution is 2.34. The maximum absolute atomic E-state index is 13.5. The van der Waals surface area contributed by atoms with E-state index in [1.54, 1.807) is 12.1 Å². The molecule has 43 heavy (non-hydrogen) atoms. The van der Waals surface area contributed by atoms with Gasteiger partial charge in [0.2, 0.25) is 17.7 Å². The molecule has 1 saturated carbocycles. The van der Waals surface area contributed by atoms with E-state index in [1.807, 2.05) is 69.3 Å². The molecule has 0 aliphatic heterocycles. The first-order chi connectivity index (χ1) is 20.4. The first-order valence-electron chi connectivity index (χ1n) is 15.0. The molecule has 0 spiro atoms. The molecule has 0 heterocycles. The van der Waals surface area contributed by atoms with Crippen molar-refractivity contribution in [2.24, 2.45) is 17.6 Å². The summed E-state index contributed by atoms with van der Waals surface area (Å²) in [4.78, 5) is 50.9. The van der Waals surface area contributed by atoms with Gasteiger partial charge < -0.3 is 31.5 Å². The summed E-state index contributed by atoms with van der Waals surface area (Å²) in [7, 11) is 0. The summed E-state index contributed by atoms with van der Waals surface area (Å²) >= 11 is 0. The number of primary amides is 1. The molecule has 10 heteroatoms. The lowest BCUT2D eigenvalue weighted by atomic mass is 9.74. The lowest BCUT2D eigenvalue weighted by molar-refractivity contribution is -0.130. The third-order valence-corrected chi connectivity index (χ3v) is 7.61.